The second kappa shape index (κ2) is 12.4. The quantitative estimate of drug-likeness (QED) is 0.133. The molecule has 0 unspecified atom stereocenters. The van der Waals surface area contributed by atoms with Crippen LogP contribution in [0.25, 0.3) is 77.0 Å². The summed E-state index contributed by atoms with van der Waals surface area (Å²) in [5.41, 5.74) is 10.6. The Kier molecular flexibility index (Phi) is 7.26. The minimum Gasteiger partial charge on any atom is -0.228 e. The number of para-hydroxylation sites is 1. The van der Waals surface area contributed by atoms with Crippen LogP contribution in [0, 0.1) is 20.8 Å². The van der Waals surface area contributed by atoms with Crippen LogP contribution < -0.4 is 20.7 Å². The molecule has 3 heteroatoms. The van der Waals surface area contributed by atoms with Gasteiger partial charge in [0, 0.05) is 16.5 Å². The topological polar surface area (TPSA) is 25.8 Å². The molecule has 10 aromatic rings. The molecule has 0 spiro atoms. The summed E-state index contributed by atoms with van der Waals surface area (Å²) >= 11 is 0. The van der Waals surface area contributed by atoms with E-state index in [1.54, 1.807) is 0 Å². The number of fused-ring (bicyclic) bond motifs is 11. The van der Waals surface area contributed by atoms with E-state index in [9.17, 15) is 0 Å². The number of rotatable bonds is 4. The Morgan fingerprint density at radius 2 is 1.04 bits per heavy atom. The van der Waals surface area contributed by atoms with Gasteiger partial charge in [0.25, 0.3) is 0 Å². The fraction of sp³-hybridized carbons (Fsp3) is 0.0566. The number of aromatic nitrogens is 2. The second-order valence-electron chi connectivity index (χ2n) is 15.5. The summed E-state index contributed by atoms with van der Waals surface area (Å²) in [7, 11) is -2.72. The molecule has 0 bridgehead atoms. The standard InChI is InChI=1S/C53H38N2Si/c1-33-13-11-17-38(29-33)56(39-18-12-14-34(2)30-39)48-22-10-8-20-44(48)51-49(56)28-27-41-40-25-23-35(3)31-45(40)46-32-37(24-26-42(46)50(41)51)53-54-47-21-9-7-19-43(47)52(55-53)36-15-5-4-6-16-36/h4-32H,1-3H3. The molecule has 11 rings (SSSR count). The molecule has 0 amide bonds. The van der Waals surface area contributed by atoms with Crippen LogP contribution in [0.15, 0.2) is 176 Å². The van der Waals surface area contributed by atoms with Gasteiger partial charge in [0.2, 0.25) is 0 Å². The Labute approximate surface area is 327 Å². The van der Waals surface area contributed by atoms with Crippen molar-refractivity contribution in [2.75, 3.05) is 0 Å². The molecule has 1 aliphatic rings. The zero-order valence-electron chi connectivity index (χ0n) is 31.6. The van der Waals surface area contributed by atoms with E-state index in [1.165, 1.54) is 80.9 Å². The molecular weight excluding hydrogens is 693 g/mol. The molecule has 0 saturated heterocycles. The van der Waals surface area contributed by atoms with Crippen LogP contribution in [0.1, 0.15) is 16.7 Å². The van der Waals surface area contributed by atoms with Gasteiger partial charge in [-0.05, 0) is 97.1 Å². The lowest BCUT2D eigenvalue weighted by Gasteiger charge is -2.32. The molecule has 1 aromatic heterocycles. The van der Waals surface area contributed by atoms with Crippen molar-refractivity contribution in [1.82, 2.24) is 9.97 Å². The van der Waals surface area contributed by atoms with E-state index in [0.29, 0.717) is 0 Å². The van der Waals surface area contributed by atoms with Gasteiger partial charge in [0.15, 0.2) is 13.9 Å². The SMILES string of the molecule is Cc1cccc([Si]2(c3cccc(C)c3)c3ccccc3-c3c2ccc2c4ccc(C)cc4c4cc(-c5nc(-c6ccccc6)c6ccccc6n5)ccc4c32)c1. The van der Waals surface area contributed by atoms with E-state index >= 15 is 0 Å². The van der Waals surface area contributed by atoms with Crippen LogP contribution in [-0.2, 0) is 0 Å². The highest BCUT2D eigenvalue weighted by molar-refractivity contribution is 7.22. The first-order chi connectivity index (χ1) is 27.5. The van der Waals surface area contributed by atoms with Gasteiger partial charge in [-0.1, -0.05) is 180 Å². The van der Waals surface area contributed by atoms with Crippen molar-refractivity contribution in [2.45, 2.75) is 20.8 Å². The maximum atomic E-state index is 5.29. The van der Waals surface area contributed by atoms with Crippen LogP contribution >= 0.6 is 0 Å². The van der Waals surface area contributed by atoms with Gasteiger partial charge < -0.3 is 0 Å². The van der Waals surface area contributed by atoms with Crippen molar-refractivity contribution in [3.63, 3.8) is 0 Å². The van der Waals surface area contributed by atoms with E-state index in [4.69, 9.17) is 9.97 Å². The largest absolute Gasteiger partial charge is 0.228 e. The molecule has 9 aromatic carbocycles. The lowest BCUT2D eigenvalue weighted by Crippen LogP contribution is -2.72. The van der Waals surface area contributed by atoms with Gasteiger partial charge in [0.1, 0.15) is 0 Å². The maximum absolute atomic E-state index is 5.29. The molecule has 2 heterocycles. The third kappa shape index (κ3) is 4.74. The normalized spacial score (nSPS) is 13.1. The molecule has 0 atom stereocenters. The lowest BCUT2D eigenvalue weighted by atomic mass is 9.88. The highest BCUT2D eigenvalue weighted by Crippen LogP contribution is 2.43. The predicted molar refractivity (Wildman–Crippen MR) is 240 cm³/mol. The number of hydrogen-bond acceptors (Lipinski definition) is 2. The monoisotopic (exact) mass is 730 g/mol. The van der Waals surface area contributed by atoms with E-state index < -0.39 is 8.07 Å². The van der Waals surface area contributed by atoms with Crippen LogP contribution in [0.3, 0.4) is 0 Å². The Morgan fingerprint density at radius 1 is 0.393 bits per heavy atom. The third-order valence-electron chi connectivity index (χ3n) is 12.1. The van der Waals surface area contributed by atoms with Crippen molar-refractivity contribution < 1.29 is 0 Å². The van der Waals surface area contributed by atoms with Crippen LogP contribution in [0.5, 0.6) is 0 Å². The molecule has 0 radical (unpaired) electrons. The highest BCUT2D eigenvalue weighted by atomic mass is 28.3. The van der Waals surface area contributed by atoms with Crippen molar-refractivity contribution in [3.05, 3.63) is 193 Å². The molecule has 1 aliphatic heterocycles. The van der Waals surface area contributed by atoms with Gasteiger partial charge in [-0.25, -0.2) is 9.97 Å². The van der Waals surface area contributed by atoms with Crippen LogP contribution in [0.2, 0.25) is 0 Å². The van der Waals surface area contributed by atoms with Crippen LogP contribution in [-0.4, -0.2) is 18.0 Å². The molecule has 0 N–H and O–H groups in total. The highest BCUT2D eigenvalue weighted by Gasteiger charge is 2.49. The summed E-state index contributed by atoms with van der Waals surface area (Å²) in [6.45, 7) is 6.65. The van der Waals surface area contributed by atoms with E-state index in [-0.39, 0.29) is 0 Å². The number of hydrogen-bond donors (Lipinski definition) is 0. The summed E-state index contributed by atoms with van der Waals surface area (Å²) in [6, 6.07) is 65.5. The van der Waals surface area contributed by atoms with E-state index in [1.807, 2.05) is 0 Å². The van der Waals surface area contributed by atoms with Gasteiger partial charge in [-0.2, -0.15) is 0 Å². The van der Waals surface area contributed by atoms with Gasteiger partial charge >= 0.3 is 0 Å². The summed E-state index contributed by atoms with van der Waals surface area (Å²) in [5.74, 6) is 0.735. The number of benzene rings is 9. The Bertz CT molecular complexity index is 3190. The zero-order valence-corrected chi connectivity index (χ0v) is 32.6. The minimum absolute atomic E-state index is 0.735. The minimum atomic E-state index is -2.72. The molecule has 0 aliphatic carbocycles. The van der Waals surface area contributed by atoms with Crippen LogP contribution in [0.4, 0.5) is 0 Å². The predicted octanol–water partition coefficient (Wildman–Crippen LogP) is 10.7. The summed E-state index contributed by atoms with van der Waals surface area (Å²) in [5, 5.41) is 14.5. The average molecular weight is 731 g/mol. The van der Waals surface area contributed by atoms with Gasteiger partial charge in [-0.3, -0.25) is 0 Å². The van der Waals surface area contributed by atoms with E-state index in [2.05, 4.69) is 197 Å². The maximum Gasteiger partial charge on any atom is 0.180 e. The first-order valence-electron chi connectivity index (χ1n) is 19.5. The van der Waals surface area contributed by atoms with Crippen molar-refractivity contribution in [2.24, 2.45) is 0 Å². The fourth-order valence-electron chi connectivity index (χ4n) is 9.68. The van der Waals surface area contributed by atoms with Crippen molar-refractivity contribution in [3.8, 4) is 33.8 Å². The second-order valence-corrected chi connectivity index (χ2v) is 19.3. The molecule has 2 nitrogen and oxygen atoms in total. The first-order valence-corrected chi connectivity index (χ1v) is 21.5. The molecule has 0 saturated carbocycles. The third-order valence-corrected chi connectivity index (χ3v) is 16.9. The summed E-state index contributed by atoms with van der Waals surface area (Å²) < 4.78 is 0. The summed E-state index contributed by atoms with van der Waals surface area (Å²) in [6.07, 6.45) is 0. The zero-order chi connectivity index (χ0) is 37.5. The van der Waals surface area contributed by atoms with E-state index in [0.717, 1.165) is 33.5 Å². The van der Waals surface area contributed by atoms with Crippen molar-refractivity contribution in [1.29, 1.82) is 0 Å². The molecular formula is C53H38N2Si. The Balaban J connectivity index is 1.26. The average Bonchev–Trinajstić information content (AvgIpc) is 3.54. The smallest absolute Gasteiger partial charge is 0.180 e. The fourth-order valence-corrected chi connectivity index (χ4v) is 15.1. The first kappa shape index (κ1) is 32.7. The Morgan fingerprint density at radius 3 is 1.82 bits per heavy atom. The summed E-state index contributed by atoms with van der Waals surface area (Å²) in [4.78, 5) is 10.5. The Hall–Kier alpha value is -6.68. The molecule has 264 valence electrons. The van der Waals surface area contributed by atoms with Gasteiger partial charge in [-0.15, -0.1) is 0 Å². The molecule has 56 heavy (non-hydrogen) atoms. The number of nitrogens with zero attached hydrogens (tertiary/aromatic N) is 2. The van der Waals surface area contributed by atoms with Gasteiger partial charge in [0.05, 0.1) is 11.2 Å². The molecule has 0 fully saturated rings. The number of aryl methyl sites for hydroxylation is 3. The lowest BCUT2D eigenvalue weighted by molar-refractivity contribution is 1.23. The van der Waals surface area contributed by atoms with Crippen molar-refractivity contribution >= 4 is 72.0 Å².